The van der Waals surface area contributed by atoms with E-state index in [2.05, 4.69) is 5.32 Å². The van der Waals surface area contributed by atoms with Crippen LogP contribution in [0, 0.1) is 11.8 Å². The van der Waals surface area contributed by atoms with Crippen LogP contribution in [0.4, 0.5) is 0 Å². The van der Waals surface area contributed by atoms with Crippen LogP contribution in [0.3, 0.4) is 0 Å². The van der Waals surface area contributed by atoms with E-state index in [1.165, 1.54) is 11.8 Å². The molecule has 0 aliphatic heterocycles. The Labute approximate surface area is 94.8 Å². The molecular formula is C10H19NO3S. The van der Waals surface area contributed by atoms with Crippen LogP contribution in [0.15, 0.2) is 0 Å². The van der Waals surface area contributed by atoms with Crippen molar-refractivity contribution in [1.29, 1.82) is 0 Å². The predicted octanol–water partition coefficient (Wildman–Crippen LogP) is 1.21. The van der Waals surface area contributed by atoms with Crippen LogP contribution in [0.25, 0.3) is 0 Å². The first-order valence-electron chi connectivity index (χ1n) is 5.02. The van der Waals surface area contributed by atoms with Gasteiger partial charge in [-0.2, -0.15) is 0 Å². The van der Waals surface area contributed by atoms with Gasteiger partial charge in [-0.05, 0) is 5.92 Å². The SMILES string of the molecule is CC(C)C(C)C(=O)NCCSCC(=O)O. The minimum atomic E-state index is -0.818. The maximum absolute atomic E-state index is 11.4. The van der Waals surface area contributed by atoms with Crippen molar-refractivity contribution in [3.63, 3.8) is 0 Å². The van der Waals surface area contributed by atoms with Crippen molar-refractivity contribution in [2.24, 2.45) is 11.8 Å². The number of amides is 1. The molecule has 0 heterocycles. The van der Waals surface area contributed by atoms with E-state index in [4.69, 9.17) is 5.11 Å². The highest BCUT2D eigenvalue weighted by Gasteiger charge is 2.15. The zero-order chi connectivity index (χ0) is 11.8. The summed E-state index contributed by atoms with van der Waals surface area (Å²) in [5, 5.41) is 11.2. The molecule has 0 radical (unpaired) electrons. The van der Waals surface area contributed by atoms with E-state index in [0.29, 0.717) is 18.2 Å². The van der Waals surface area contributed by atoms with Gasteiger partial charge in [0.15, 0.2) is 0 Å². The lowest BCUT2D eigenvalue weighted by molar-refractivity contribution is -0.134. The minimum absolute atomic E-state index is 0.00877. The van der Waals surface area contributed by atoms with Crippen molar-refractivity contribution < 1.29 is 14.7 Å². The molecule has 0 rings (SSSR count). The van der Waals surface area contributed by atoms with Crippen molar-refractivity contribution in [1.82, 2.24) is 5.32 Å². The predicted molar refractivity (Wildman–Crippen MR) is 62.0 cm³/mol. The summed E-state index contributed by atoms with van der Waals surface area (Å²) in [5.74, 6) is 0.298. The van der Waals surface area contributed by atoms with Gasteiger partial charge >= 0.3 is 5.97 Å². The largest absolute Gasteiger partial charge is 0.481 e. The zero-order valence-corrected chi connectivity index (χ0v) is 10.3. The molecule has 15 heavy (non-hydrogen) atoms. The molecular weight excluding hydrogens is 214 g/mol. The van der Waals surface area contributed by atoms with Crippen LogP contribution in [0.1, 0.15) is 20.8 Å². The maximum atomic E-state index is 11.4. The molecule has 0 spiro atoms. The summed E-state index contributed by atoms with van der Waals surface area (Å²) in [6, 6.07) is 0. The molecule has 0 fully saturated rings. The van der Waals surface area contributed by atoms with Gasteiger partial charge in [0.2, 0.25) is 5.91 Å². The first-order valence-corrected chi connectivity index (χ1v) is 6.18. The van der Waals surface area contributed by atoms with Gasteiger partial charge in [-0.25, -0.2) is 0 Å². The number of nitrogens with one attached hydrogen (secondary N) is 1. The quantitative estimate of drug-likeness (QED) is 0.649. The van der Waals surface area contributed by atoms with Gasteiger partial charge in [0.1, 0.15) is 0 Å². The molecule has 4 nitrogen and oxygen atoms in total. The number of carboxylic acids is 1. The third-order valence-corrected chi connectivity index (χ3v) is 3.13. The third-order valence-electron chi connectivity index (χ3n) is 2.18. The van der Waals surface area contributed by atoms with Crippen LogP contribution in [-0.2, 0) is 9.59 Å². The molecule has 0 bridgehead atoms. The maximum Gasteiger partial charge on any atom is 0.313 e. The van der Waals surface area contributed by atoms with Gasteiger partial charge in [0.25, 0.3) is 0 Å². The van der Waals surface area contributed by atoms with Gasteiger partial charge in [-0.3, -0.25) is 9.59 Å². The Morgan fingerprint density at radius 1 is 1.33 bits per heavy atom. The number of aliphatic carboxylic acids is 1. The zero-order valence-electron chi connectivity index (χ0n) is 9.45. The Balaban J connectivity index is 3.51. The Morgan fingerprint density at radius 2 is 1.93 bits per heavy atom. The summed E-state index contributed by atoms with van der Waals surface area (Å²) in [6.45, 7) is 6.44. The highest BCUT2D eigenvalue weighted by Crippen LogP contribution is 2.09. The molecule has 2 N–H and O–H groups in total. The molecule has 0 saturated carbocycles. The molecule has 88 valence electrons. The molecule has 0 saturated heterocycles. The lowest BCUT2D eigenvalue weighted by Gasteiger charge is -2.14. The number of thioether (sulfide) groups is 1. The molecule has 5 heteroatoms. The average Bonchev–Trinajstić information content (AvgIpc) is 2.15. The molecule has 1 unspecified atom stereocenters. The summed E-state index contributed by atoms with van der Waals surface area (Å²) in [5.41, 5.74) is 0. The van der Waals surface area contributed by atoms with Crippen LogP contribution < -0.4 is 5.32 Å². The Morgan fingerprint density at radius 3 is 2.40 bits per heavy atom. The second-order valence-electron chi connectivity index (χ2n) is 3.77. The number of hydrogen-bond acceptors (Lipinski definition) is 3. The second kappa shape index (κ2) is 7.56. The highest BCUT2D eigenvalue weighted by molar-refractivity contribution is 7.99. The smallest absolute Gasteiger partial charge is 0.313 e. The summed E-state index contributed by atoms with van der Waals surface area (Å²) < 4.78 is 0. The molecule has 0 aliphatic rings. The number of carboxylic acid groups (broad SMARTS) is 1. The lowest BCUT2D eigenvalue weighted by atomic mass is 9.97. The van der Waals surface area contributed by atoms with E-state index in [9.17, 15) is 9.59 Å². The van der Waals surface area contributed by atoms with Crippen LogP contribution >= 0.6 is 11.8 Å². The van der Waals surface area contributed by atoms with Crippen LogP contribution in [0.5, 0.6) is 0 Å². The van der Waals surface area contributed by atoms with E-state index in [-0.39, 0.29) is 17.6 Å². The normalized spacial score (nSPS) is 12.5. The number of carbonyl (C=O) groups excluding carboxylic acids is 1. The third kappa shape index (κ3) is 7.25. The Hall–Kier alpha value is -0.710. The van der Waals surface area contributed by atoms with Gasteiger partial charge in [-0.1, -0.05) is 20.8 Å². The first kappa shape index (κ1) is 14.3. The number of hydrogen-bond donors (Lipinski definition) is 2. The molecule has 0 aliphatic carbocycles. The standard InChI is InChI=1S/C10H19NO3S/c1-7(2)8(3)10(14)11-4-5-15-6-9(12)13/h7-8H,4-6H2,1-3H3,(H,11,14)(H,12,13). The van der Waals surface area contributed by atoms with Crippen molar-refractivity contribution in [2.75, 3.05) is 18.1 Å². The van der Waals surface area contributed by atoms with Crippen molar-refractivity contribution in [3.05, 3.63) is 0 Å². The molecule has 1 atom stereocenters. The summed E-state index contributed by atoms with van der Waals surface area (Å²) in [7, 11) is 0. The molecule has 0 aromatic rings. The Kier molecular flexibility index (Phi) is 7.21. The van der Waals surface area contributed by atoms with Crippen LogP contribution in [-0.4, -0.2) is 35.0 Å². The topological polar surface area (TPSA) is 66.4 Å². The lowest BCUT2D eigenvalue weighted by Crippen LogP contribution is -2.33. The Bertz CT molecular complexity index is 219. The molecule has 1 amide bonds. The highest BCUT2D eigenvalue weighted by atomic mass is 32.2. The van der Waals surface area contributed by atoms with Gasteiger partial charge in [0.05, 0.1) is 5.75 Å². The first-order chi connectivity index (χ1) is 6.95. The number of rotatable bonds is 7. The van der Waals surface area contributed by atoms with Gasteiger partial charge in [-0.15, -0.1) is 11.8 Å². The van der Waals surface area contributed by atoms with Crippen molar-refractivity contribution >= 4 is 23.6 Å². The number of carbonyl (C=O) groups is 2. The van der Waals surface area contributed by atoms with Gasteiger partial charge < -0.3 is 10.4 Å². The molecule has 0 aromatic heterocycles. The summed E-state index contributed by atoms with van der Waals surface area (Å²) >= 11 is 1.31. The second-order valence-corrected chi connectivity index (χ2v) is 4.88. The monoisotopic (exact) mass is 233 g/mol. The fourth-order valence-corrected chi connectivity index (χ4v) is 1.43. The van der Waals surface area contributed by atoms with Crippen molar-refractivity contribution in [2.45, 2.75) is 20.8 Å². The fourth-order valence-electron chi connectivity index (χ4n) is 0.870. The minimum Gasteiger partial charge on any atom is -0.481 e. The summed E-state index contributed by atoms with van der Waals surface area (Å²) in [6.07, 6.45) is 0. The summed E-state index contributed by atoms with van der Waals surface area (Å²) in [4.78, 5) is 21.6. The molecule has 0 aromatic carbocycles. The van der Waals surface area contributed by atoms with E-state index in [1.807, 2.05) is 20.8 Å². The van der Waals surface area contributed by atoms with Crippen LogP contribution in [0.2, 0.25) is 0 Å². The fraction of sp³-hybridized carbons (Fsp3) is 0.800. The van der Waals surface area contributed by atoms with E-state index in [0.717, 1.165) is 0 Å². The van der Waals surface area contributed by atoms with Crippen molar-refractivity contribution in [3.8, 4) is 0 Å². The van der Waals surface area contributed by atoms with Gasteiger partial charge in [0, 0.05) is 18.2 Å². The van der Waals surface area contributed by atoms with E-state index >= 15 is 0 Å². The van der Waals surface area contributed by atoms with E-state index < -0.39 is 5.97 Å². The average molecular weight is 233 g/mol. The van der Waals surface area contributed by atoms with E-state index in [1.54, 1.807) is 0 Å².